The van der Waals surface area contributed by atoms with Crippen LogP contribution >= 0.6 is 0 Å². The van der Waals surface area contributed by atoms with Crippen LogP contribution in [0.25, 0.3) is 11.0 Å². The molecule has 5 rings (SSSR count). The standard InChI is InChI=1S/C32H43F2N3O5/c1-32(2,3)28(31(40)37-15-14-22(29(33)34)26(37)17-38)42-27-20(19-11-12-21(19)27)8-6-5-7-9-24-30(39)36-25-16-18(41-4)10-13-23(25)35-24/h10,13,16-17,19-22,26-29H,5-9,11-12,14-15H2,1-4H3,(H,36,39)/t19-,20?,21?,22?,26?,27-,28+/m0/s1. The predicted molar refractivity (Wildman–Crippen MR) is 155 cm³/mol. The molecule has 8 nitrogen and oxygen atoms in total. The van der Waals surface area contributed by atoms with Crippen molar-refractivity contribution in [2.75, 3.05) is 13.7 Å². The number of unbranched alkanes of at least 4 members (excludes halogenated alkanes) is 2. The number of hydrogen-bond donors (Lipinski definition) is 1. The zero-order valence-electron chi connectivity index (χ0n) is 25.0. The summed E-state index contributed by atoms with van der Waals surface area (Å²) in [6.07, 6.45) is 3.75. The van der Waals surface area contributed by atoms with Crippen molar-refractivity contribution in [1.29, 1.82) is 0 Å². The summed E-state index contributed by atoms with van der Waals surface area (Å²) in [5.41, 5.74) is 1.21. The summed E-state index contributed by atoms with van der Waals surface area (Å²) in [5, 5.41) is 0. The molecule has 0 radical (unpaired) electrons. The number of aryl methyl sites for hydroxylation is 1. The van der Waals surface area contributed by atoms with Crippen LogP contribution in [0, 0.1) is 29.1 Å². The Labute approximate surface area is 245 Å². The number of hydrogen-bond acceptors (Lipinski definition) is 6. The third-order valence-corrected chi connectivity index (χ3v) is 9.75. The van der Waals surface area contributed by atoms with Gasteiger partial charge in [-0.1, -0.05) is 33.6 Å². The van der Waals surface area contributed by atoms with Crippen molar-refractivity contribution in [3.63, 3.8) is 0 Å². The fourth-order valence-electron chi connectivity index (χ4n) is 7.22. The molecule has 2 aliphatic carbocycles. The van der Waals surface area contributed by atoms with Crippen LogP contribution in [0.3, 0.4) is 0 Å². The Balaban J connectivity index is 1.16. The van der Waals surface area contributed by atoms with Gasteiger partial charge in [-0.15, -0.1) is 0 Å². The highest BCUT2D eigenvalue weighted by molar-refractivity contribution is 5.85. The van der Waals surface area contributed by atoms with Gasteiger partial charge in [0.05, 0.1) is 30.3 Å². The number of methoxy groups -OCH3 is 1. The van der Waals surface area contributed by atoms with E-state index < -0.39 is 29.9 Å². The molecule has 1 aromatic heterocycles. The summed E-state index contributed by atoms with van der Waals surface area (Å²) in [5.74, 6) is 0.581. The van der Waals surface area contributed by atoms with Crippen LogP contribution in [-0.2, 0) is 20.7 Å². The molecule has 0 spiro atoms. The number of aromatic nitrogens is 2. The van der Waals surface area contributed by atoms with Crippen LogP contribution in [0.15, 0.2) is 23.0 Å². The van der Waals surface area contributed by atoms with E-state index in [9.17, 15) is 23.2 Å². The average molecular weight is 588 g/mol. The molecule has 1 saturated heterocycles. The lowest BCUT2D eigenvalue weighted by Gasteiger charge is -2.60. The second kappa shape index (κ2) is 12.4. The van der Waals surface area contributed by atoms with Crippen molar-refractivity contribution in [3.8, 4) is 5.75 Å². The third kappa shape index (κ3) is 5.96. The number of ether oxygens (including phenoxy) is 2. The number of aromatic amines is 1. The number of alkyl halides is 2. The van der Waals surface area contributed by atoms with E-state index in [4.69, 9.17) is 9.47 Å². The molecule has 3 fully saturated rings. The second-order valence-electron chi connectivity index (χ2n) is 13.4. The Morgan fingerprint density at radius 1 is 1.17 bits per heavy atom. The maximum absolute atomic E-state index is 13.7. The van der Waals surface area contributed by atoms with E-state index in [1.54, 1.807) is 13.2 Å². The van der Waals surface area contributed by atoms with E-state index in [2.05, 4.69) is 9.97 Å². The fourth-order valence-corrected chi connectivity index (χ4v) is 7.22. The molecule has 3 aliphatic rings. The van der Waals surface area contributed by atoms with Crippen molar-refractivity contribution >= 4 is 23.2 Å². The summed E-state index contributed by atoms with van der Waals surface area (Å²) in [4.78, 5) is 46.7. The molecule has 42 heavy (non-hydrogen) atoms. The molecular formula is C32H43F2N3O5. The summed E-state index contributed by atoms with van der Waals surface area (Å²) in [7, 11) is 1.58. The molecule has 4 unspecified atom stereocenters. The summed E-state index contributed by atoms with van der Waals surface area (Å²) >= 11 is 0. The Morgan fingerprint density at radius 2 is 1.93 bits per heavy atom. The lowest BCUT2D eigenvalue weighted by molar-refractivity contribution is -0.227. The summed E-state index contributed by atoms with van der Waals surface area (Å²) < 4.78 is 38.8. The van der Waals surface area contributed by atoms with Gasteiger partial charge in [-0.05, 0) is 73.8 Å². The first-order valence-electron chi connectivity index (χ1n) is 15.3. The first-order chi connectivity index (χ1) is 20.0. The van der Waals surface area contributed by atoms with Crippen LogP contribution in [-0.4, -0.2) is 65.4 Å². The highest BCUT2D eigenvalue weighted by Gasteiger charge is 2.57. The van der Waals surface area contributed by atoms with Gasteiger partial charge < -0.3 is 24.2 Å². The van der Waals surface area contributed by atoms with E-state index >= 15 is 0 Å². The second-order valence-corrected chi connectivity index (χ2v) is 13.4. The monoisotopic (exact) mass is 587 g/mol. The first-order valence-corrected chi connectivity index (χ1v) is 15.3. The SMILES string of the molecule is COc1ccc2nc(CCCCCC3[C@@H]4CCC4[C@H]3O[C@H](C(=O)N3CCC(C(F)F)C3C=O)C(C)(C)C)c(=O)[nH]c2c1. The van der Waals surface area contributed by atoms with Crippen LogP contribution < -0.4 is 10.3 Å². The number of fused-ring (bicyclic) bond motifs is 2. The maximum Gasteiger partial charge on any atom is 0.270 e. The van der Waals surface area contributed by atoms with E-state index in [-0.39, 0.29) is 30.5 Å². The molecule has 230 valence electrons. The van der Waals surface area contributed by atoms with Gasteiger partial charge in [0.1, 0.15) is 23.8 Å². The van der Waals surface area contributed by atoms with Gasteiger partial charge in [-0.3, -0.25) is 9.59 Å². The van der Waals surface area contributed by atoms with Gasteiger partial charge in [0.25, 0.3) is 11.5 Å². The van der Waals surface area contributed by atoms with Crippen molar-refractivity contribution in [2.45, 2.75) is 96.8 Å². The van der Waals surface area contributed by atoms with Crippen LogP contribution in [0.1, 0.15) is 71.4 Å². The predicted octanol–water partition coefficient (Wildman–Crippen LogP) is 5.17. The number of rotatable bonds is 12. The Hall–Kier alpha value is -2.88. The van der Waals surface area contributed by atoms with Crippen molar-refractivity contribution < 1.29 is 27.8 Å². The molecule has 1 N–H and O–H groups in total. The van der Waals surface area contributed by atoms with E-state index in [0.29, 0.717) is 47.4 Å². The summed E-state index contributed by atoms with van der Waals surface area (Å²) in [6.45, 7) is 5.93. The van der Waals surface area contributed by atoms with Gasteiger partial charge in [0, 0.05) is 18.5 Å². The fraction of sp³-hybridized carbons (Fsp3) is 0.688. The van der Waals surface area contributed by atoms with Gasteiger partial charge >= 0.3 is 0 Å². The van der Waals surface area contributed by atoms with E-state index in [0.717, 1.165) is 37.6 Å². The Bertz CT molecular complexity index is 1340. The smallest absolute Gasteiger partial charge is 0.270 e. The largest absolute Gasteiger partial charge is 0.497 e. The maximum atomic E-state index is 13.7. The molecule has 0 bridgehead atoms. The van der Waals surface area contributed by atoms with Crippen molar-refractivity contribution in [2.24, 2.45) is 29.1 Å². The summed E-state index contributed by atoms with van der Waals surface area (Å²) in [6, 6.07) is 4.33. The lowest BCUT2D eigenvalue weighted by Crippen LogP contribution is -2.61. The van der Waals surface area contributed by atoms with Gasteiger partial charge in [0.15, 0.2) is 0 Å². The molecule has 1 aliphatic heterocycles. The van der Waals surface area contributed by atoms with Crippen LogP contribution in [0.4, 0.5) is 8.78 Å². The van der Waals surface area contributed by atoms with Crippen molar-refractivity contribution in [1.82, 2.24) is 14.9 Å². The Morgan fingerprint density at radius 3 is 2.57 bits per heavy atom. The number of amides is 1. The average Bonchev–Trinajstić information content (AvgIpc) is 3.37. The number of benzene rings is 1. The molecule has 7 atom stereocenters. The minimum Gasteiger partial charge on any atom is -0.497 e. The molecule has 2 heterocycles. The van der Waals surface area contributed by atoms with Crippen LogP contribution in [0.5, 0.6) is 5.75 Å². The minimum atomic E-state index is -2.64. The molecule has 10 heteroatoms. The Kier molecular flexibility index (Phi) is 9.02. The number of H-pyrrole nitrogens is 1. The van der Waals surface area contributed by atoms with E-state index in [1.807, 2.05) is 32.9 Å². The molecule has 1 amide bonds. The highest BCUT2D eigenvalue weighted by atomic mass is 19.3. The zero-order valence-corrected chi connectivity index (χ0v) is 25.0. The quantitative estimate of drug-likeness (QED) is 0.272. The molecule has 1 aromatic carbocycles. The first kappa shape index (κ1) is 30.6. The molecule has 2 saturated carbocycles. The number of nitrogens with one attached hydrogen (secondary N) is 1. The number of likely N-dealkylation sites (tertiary alicyclic amines) is 1. The highest BCUT2D eigenvalue weighted by Crippen LogP contribution is 2.58. The number of nitrogens with zero attached hydrogens (tertiary/aromatic N) is 2. The van der Waals surface area contributed by atoms with Crippen LogP contribution in [0.2, 0.25) is 0 Å². The number of carbonyl (C=O) groups is 2. The van der Waals surface area contributed by atoms with Gasteiger partial charge in [-0.25, -0.2) is 13.8 Å². The lowest BCUT2D eigenvalue weighted by atomic mass is 9.50. The minimum absolute atomic E-state index is 0.0397. The molecule has 2 aromatic rings. The third-order valence-electron chi connectivity index (χ3n) is 9.75. The van der Waals surface area contributed by atoms with Crippen molar-refractivity contribution in [3.05, 3.63) is 34.2 Å². The van der Waals surface area contributed by atoms with Gasteiger partial charge in [0.2, 0.25) is 6.43 Å². The van der Waals surface area contributed by atoms with Gasteiger partial charge in [-0.2, -0.15) is 0 Å². The number of carbonyl (C=O) groups excluding carboxylic acids is 2. The number of halogens is 2. The normalized spacial score (nSPS) is 27.8. The molecular weight excluding hydrogens is 544 g/mol. The van der Waals surface area contributed by atoms with E-state index in [1.165, 1.54) is 11.3 Å². The number of aldehydes is 1. The topological polar surface area (TPSA) is 102 Å². The zero-order chi connectivity index (χ0) is 30.2.